The Bertz CT molecular complexity index is 225. The van der Waals surface area contributed by atoms with Crippen LogP contribution in [0, 0.1) is 0 Å². The highest BCUT2D eigenvalue weighted by Gasteiger charge is 1.94. The average Bonchev–Trinajstić information content (AvgIpc) is 2.45. The van der Waals surface area contributed by atoms with Crippen LogP contribution in [0.5, 0.6) is 0 Å². The van der Waals surface area contributed by atoms with Crippen LogP contribution in [0.15, 0.2) is 6.33 Å². The van der Waals surface area contributed by atoms with Crippen molar-refractivity contribution < 1.29 is 9.47 Å². The standard InChI is InChI=1S/C6H12N4O2/c1-11-2-3-12-5-10-4-8-6(7)9-10/h4H,2-3,5H2,1H3,(H2,7,9). The van der Waals surface area contributed by atoms with Crippen LogP contribution in [0.4, 0.5) is 5.95 Å². The van der Waals surface area contributed by atoms with Crippen LogP contribution < -0.4 is 5.73 Å². The average molecular weight is 172 g/mol. The summed E-state index contributed by atoms with van der Waals surface area (Å²) in [7, 11) is 1.62. The van der Waals surface area contributed by atoms with Crippen molar-refractivity contribution in [1.29, 1.82) is 0 Å². The number of rotatable bonds is 5. The lowest BCUT2D eigenvalue weighted by Gasteiger charge is -2.01. The van der Waals surface area contributed by atoms with Crippen molar-refractivity contribution in [3.63, 3.8) is 0 Å². The van der Waals surface area contributed by atoms with Gasteiger partial charge < -0.3 is 15.2 Å². The molecule has 0 aromatic carbocycles. The molecule has 12 heavy (non-hydrogen) atoms. The van der Waals surface area contributed by atoms with Crippen molar-refractivity contribution in [2.45, 2.75) is 6.73 Å². The van der Waals surface area contributed by atoms with E-state index >= 15 is 0 Å². The summed E-state index contributed by atoms with van der Waals surface area (Å²) >= 11 is 0. The molecule has 6 nitrogen and oxygen atoms in total. The van der Waals surface area contributed by atoms with Crippen molar-refractivity contribution in [1.82, 2.24) is 14.8 Å². The first-order valence-corrected chi connectivity index (χ1v) is 3.54. The van der Waals surface area contributed by atoms with Gasteiger partial charge in [0.1, 0.15) is 13.1 Å². The molecule has 0 aliphatic heterocycles. The molecule has 0 amide bonds. The number of nitrogens with zero attached hydrogens (tertiary/aromatic N) is 3. The first-order valence-electron chi connectivity index (χ1n) is 3.54. The van der Waals surface area contributed by atoms with Crippen molar-refractivity contribution in [3.8, 4) is 0 Å². The Morgan fingerprint density at radius 2 is 2.42 bits per heavy atom. The van der Waals surface area contributed by atoms with Crippen LogP contribution in [-0.4, -0.2) is 35.1 Å². The van der Waals surface area contributed by atoms with Gasteiger partial charge in [-0.15, -0.1) is 5.10 Å². The molecule has 0 fully saturated rings. The predicted octanol–water partition coefficient (Wildman–Crippen LogP) is -0.519. The smallest absolute Gasteiger partial charge is 0.239 e. The molecule has 0 bridgehead atoms. The summed E-state index contributed by atoms with van der Waals surface area (Å²) in [5, 5.41) is 3.83. The minimum atomic E-state index is 0.255. The molecular weight excluding hydrogens is 160 g/mol. The Labute approximate surface area is 70.3 Å². The fraction of sp³-hybridized carbons (Fsp3) is 0.667. The monoisotopic (exact) mass is 172 g/mol. The van der Waals surface area contributed by atoms with Crippen molar-refractivity contribution in [3.05, 3.63) is 6.33 Å². The van der Waals surface area contributed by atoms with E-state index in [1.807, 2.05) is 0 Å². The van der Waals surface area contributed by atoms with Gasteiger partial charge in [-0.05, 0) is 0 Å². The molecule has 0 radical (unpaired) electrons. The van der Waals surface area contributed by atoms with E-state index in [4.69, 9.17) is 15.2 Å². The van der Waals surface area contributed by atoms with Gasteiger partial charge in [0.25, 0.3) is 0 Å². The molecule has 1 rings (SSSR count). The van der Waals surface area contributed by atoms with Crippen LogP contribution in [0.1, 0.15) is 0 Å². The maximum atomic E-state index is 5.29. The SMILES string of the molecule is COCCOCn1cnc(N)n1. The Hall–Kier alpha value is -1.14. The summed E-state index contributed by atoms with van der Waals surface area (Å²) in [6.45, 7) is 1.47. The molecule has 0 spiro atoms. The lowest BCUT2D eigenvalue weighted by atomic mass is 10.8. The zero-order valence-corrected chi connectivity index (χ0v) is 6.93. The van der Waals surface area contributed by atoms with Gasteiger partial charge in [-0.25, -0.2) is 9.67 Å². The van der Waals surface area contributed by atoms with Crippen LogP contribution in [0.2, 0.25) is 0 Å². The molecule has 68 valence electrons. The summed E-state index contributed by atoms with van der Waals surface area (Å²) in [6, 6.07) is 0. The van der Waals surface area contributed by atoms with Gasteiger partial charge in [-0.2, -0.15) is 0 Å². The number of anilines is 1. The molecular formula is C6H12N4O2. The Morgan fingerprint density at radius 3 is 3.00 bits per heavy atom. The van der Waals surface area contributed by atoms with Gasteiger partial charge in [0.2, 0.25) is 5.95 Å². The summed E-state index contributed by atoms with van der Waals surface area (Å²) in [6.07, 6.45) is 1.52. The molecule has 0 saturated heterocycles. The maximum absolute atomic E-state index is 5.29. The maximum Gasteiger partial charge on any atom is 0.239 e. The van der Waals surface area contributed by atoms with E-state index in [-0.39, 0.29) is 5.95 Å². The first kappa shape index (κ1) is 8.95. The largest absolute Gasteiger partial charge is 0.382 e. The highest BCUT2D eigenvalue weighted by molar-refractivity contribution is 5.08. The highest BCUT2D eigenvalue weighted by atomic mass is 16.5. The molecule has 0 saturated carbocycles. The van der Waals surface area contributed by atoms with Crippen molar-refractivity contribution >= 4 is 5.95 Å². The molecule has 0 atom stereocenters. The molecule has 0 aliphatic carbocycles. The van der Waals surface area contributed by atoms with Gasteiger partial charge in [0.05, 0.1) is 13.2 Å². The van der Waals surface area contributed by atoms with E-state index in [9.17, 15) is 0 Å². The number of aromatic nitrogens is 3. The zero-order chi connectivity index (χ0) is 8.81. The second kappa shape index (κ2) is 4.68. The molecule has 6 heteroatoms. The van der Waals surface area contributed by atoms with Crippen LogP contribution >= 0.6 is 0 Å². The van der Waals surface area contributed by atoms with E-state index in [2.05, 4.69) is 10.1 Å². The fourth-order valence-electron chi connectivity index (χ4n) is 0.672. The second-order valence-corrected chi connectivity index (χ2v) is 2.17. The van der Waals surface area contributed by atoms with E-state index in [1.165, 1.54) is 11.0 Å². The minimum absolute atomic E-state index is 0.255. The lowest BCUT2D eigenvalue weighted by molar-refractivity contribution is 0.0288. The van der Waals surface area contributed by atoms with Gasteiger partial charge in [0, 0.05) is 7.11 Å². The molecule has 0 unspecified atom stereocenters. The third-order valence-corrected chi connectivity index (χ3v) is 1.21. The molecule has 1 aromatic rings. The summed E-state index contributed by atoms with van der Waals surface area (Å²) in [5.74, 6) is 0.255. The van der Waals surface area contributed by atoms with Crippen molar-refractivity contribution in [2.75, 3.05) is 26.1 Å². The van der Waals surface area contributed by atoms with E-state index in [1.54, 1.807) is 7.11 Å². The quantitative estimate of drug-likeness (QED) is 0.605. The topological polar surface area (TPSA) is 75.2 Å². The van der Waals surface area contributed by atoms with E-state index in [0.29, 0.717) is 19.9 Å². The highest BCUT2D eigenvalue weighted by Crippen LogP contribution is 1.89. The molecule has 0 aliphatic rings. The molecule has 1 aromatic heterocycles. The normalized spacial score (nSPS) is 10.4. The molecule has 1 heterocycles. The third kappa shape index (κ3) is 2.85. The number of hydrogen-bond donors (Lipinski definition) is 1. The van der Waals surface area contributed by atoms with Gasteiger partial charge >= 0.3 is 0 Å². The van der Waals surface area contributed by atoms with E-state index in [0.717, 1.165) is 0 Å². The second-order valence-electron chi connectivity index (χ2n) is 2.17. The summed E-state index contributed by atoms with van der Waals surface area (Å²) < 4.78 is 11.5. The number of ether oxygens (including phenoxy) is 2. The van der Waals surface area contributed by atoms with Crippen molar-refractivity contribution in [2.24, 2.45) is 0 Å². The van der Waals surface area contributed by atoms with Gasteiger partial charge in [-0.3, -0.25) is 0 Å². The fourth-order valence-corrected chi connectivity index (χ4v) is 0.672. The number of methoxy groups -OCH3 is 1. The van der Waals surface area contributed by atoms with Crippen LogP contribution in [0.3, 0.4) is 0 Å². The lowest BCUT2D eigenvalue weighted by Crippen LogP contribution is -2.07. The number of nitrogen functional groups attached to an aromatic ring is 1. The first-order chi connectivity index (χ1) is 5.83. The Kier molecular flexibility index (Phi) is 3.49. The van der Waals surface area contributed by atoms with Gasteiger partial charge in [0.15, 0.2) is 0 Å². The number of nitrogens with two attached hydrogens (primary N) is 1. The molecule has 2 N–H and O–H groups in total. The Balaban J connectivity index is 2.15. The van der Waals surface area contributed by atoms with E-state index < -0.39 is 0 Å². The summed E-state index contributed by atoms with van der Waals surface area (Å²) in [5.41, 5.74) is 5.29. The minimum Gasteiger partial charge on any atom is -0.382 e. The zero-order valence-electron chi connectivity index (χ0n) is 6.93. The van der Waals surface area contributed by atoms with Crippen LogP contribution in [-0.2, 0) is 16.2 Å². The van der Waals surface area contributed by atoms with Gasteiger partial charge in [-0.1, -0.05) is 0 Å². The van der Waals surface area contributed by atoms with Crippen LogP contribution in [0.25, 0.3) is 0 Å². The third-order valence-electron chi connectivity index (χ3n) is 1.21. The number of hydrogen-bond acceptors (Lipinski definition) is 5. The summed E-state index contributed by atoms with van der Waals surface area (Å²) in [4.78, 5) is 3.73. The Morgan fingerprint density at radius 1 is 1.58 bits per heavy atom. The predicted molar refractivity (Wildman–Crippen MR) is 42.3 cm³/mol.